The van der Waals surface area contributed by atoms with Crippen molar-refractivity contribution in [2.24, 2.45) is 17.8 Å². The largest absolute Gasteiger partial charge is 0.472 e. The van der Waals surface area contributed by atoms with Gasteiger partial charge in [-0.15, -0.1) is 0 Å². The van der Waals surface area contributed by atoms with E-state index in [-0.39, 0.29) is 41.7 Å². The zero-order valence-corrected chi connectivity index (χ0v) is 71.9. The minimum Gasteiger partial charge on any atom is -0.472 e. The molecular weight excluding hydrogens is 1480 g/mol. The normalized spacial score (nSPS) is 25.5. The molecule has 0 aliphatic carbocycles. The number of nitrogens with one attached hydrogen (secondary N) is 7. The van der Waals surface area contributed by atoms with Crippen LogP contribution in [0.25, 0.3) is 0 Å². The first-order valence-electron chi connectivity index (χ1n) is 43.5. The van der Waals surface area contributed by atoms with E-state index in [4.69, 9.17) is 64.1 Å². The molecule has 0 saturated carbocycles. The third-order valence-corrected chi connectivity index (χ3v) is 22.6. The van der Waals surface area contributed by atoms with Crippen LogP contribution in [0.2, 0.25) is 0 Å². The maximum absolute atomic E-state index is 6.11. The van der Waals surface area contributed by atoms with Crippen LogP contribution >= 0.6 is 0 Å². The Morgan fingerprint density at radius 2 is 0.658 bits per heavy atom. The molecule has 21 heteroatoms. The number of furan rings is 7. The number of ether oxygens (including phenoxy) is 7. The molecule has 0 spiro atoms. The first kappa shape index (κ1) is 92.1. The van der Waals surface area contributed by atoms with Crippen LogP contribution in [0.1, 0.15) is 213 Å². The average molecular weight is 1620 g/mol. The molecule has 644 valence electrons. The summed E-state index contributed by atoms with van der Waals surface area (Å²) >= 11 is 0. The van der Waals surface area contributed by atoms with Crippen LogP contribution in [-0.4, -0.2) is 166 Å². The molecule has 21 nitrogen and oxygen atoms in total. The summed E-state index contributed by atoms with van der Waals surface area (Å²) in [6.45, 7) is 42.0. The Hall–Kier alpha value is -7.16. The number of hydrogen-bond acceptors (Lipinski definition) is 21. The van der Waals surface area contributed by atoms with Gasteiger partial charge in [-0.05, 0) is 263 Å². The Balaban J connectivity index is 0.000000144. The van der Waals surface area contributed by atoms with Gasteiger partial charge >= 0.3 is 0 Å². The van der Waals surface area contributed by atoms with Crippen molar-refractivity contribution in [2.45, 2.75) is 224 Å². The van der Waals surface area contributed by atoms with Gasteiger partial charge in [0.25, 0.3) is 0 Å². The smallest absolute Gasteiger partial charge is 0.0938 e. The number of piperidine rings is 7. The molecule has 7 aromatic heterocycles. The average Bonchev–Trinajstić information content (AvgIpc) is 1.73. The molecule has 7 saturated heterocycles. The van der Waals surface area contributed by atoms with E-state index in [9.17, 15) is 0 Å². The van der Waals surface area contributed by atoms with Crippen LogP contribution in [0.15, 0.2) is 222 Å². The van der Waals surface area contributed by atoms with Crippen molar-refractivity contribution >= 4 is 0 Å². The zero-order valence-electron chi connectivity index (χ0n) is 71.9. The first-order chi connectivity index (χ1) is 56.9. The van der Waals surface area contributed by atoms with Gasteiger partial charge in [-0.25, -0.2) is 0 Å². The van der Waals surface area contributed by atoms with Crippen LogP contribution < -0.4 is 37.2 Å². The third kappa shape index (κ3) is 32.1. The maximum atomic E-state index is 6.11. The van der Waals surface area contributed by atoms with Gasteiger partial charge in [0.15, 0.2) is 0 Å². The molecule has 14 atom stereocenters. The molecule has 117 heavy (non-hydrogen) atoms. The summed E-state index contributed by atoms with van der Waals surface area (Å²) in [7, 11) is 0. The topological polar surface area (TPSA) is 241 Å². The molecule has 7 N–H and O–H groups in total. The van der Waals surface area contributed by atoms with Crippen molar-refractivity contribution in [2.75, 3.05) is 118 Å². The lowest BCUT2D eigenvalue weighted by Gasteiger charge is -2.36. The molecule has 0 amide bonds. The predicted octanol–water partition coefficient (Wildman–Crippen LogP) is 17.8. The standard InChI is InChI=1S/C17H21NO2.C16H19NO2.C14H23NO2.2C13H21NO2.C12H19NO2.C11H17NO2/c1-2-4-14(5-3-1)11-20-13-16-10-18-8-6-17(16)15-7-9-19-12-15;1-2-4-13(5-3-1)11-19-16-10-17-8-6-15(16)14-7-9-18-12-14;1-14(2,3)17-10-12-8-15-6-4-13(12)11-5-7-16-9-11;1-13(2,3)16-12-8-14-6-4-11(12)10-5-7-15-9-10;1-10(2)8-16-13-7-14-5-3-12(13)11-4-6-15-9-11;1-9(2)15-12-7-13-5-3-11(12)10-4-6-14-8-10;1-2-14-11-7-12-5-3-10(11)9-4-6-13-8-9/h1-5,7,9,12,16-18H,6,8,10-11,13H2;1-5,7,9,12,15-17H,6,8,10-11H2;5,7,9,12-13,15H,4,6,8,10H2,1-3H3;5,7,9,11-12,14H,4,6,8H2,1-3H3;4,6,9-10,12-14H,3,5,7-8H2,1-2H3;4,6,8-9,11-13H,3,5,7H2,1-2H3;4,6,8,10-12H,2-3,5,7H2,1H3. The van der Waals surface area contributed by atoms with Crippen LogP contribution in [0.5, 0.6) is 0 Å². The highest BCUT2D eigenvalue weighted by atomic mass is 16.5. The van der Waals surface area contributed by atoms with Gasteiger partial charge in [0.05, 0.1) is 162 Å². The van der Waals surface area contributed by atoms with E-state index in [0.717, 1.165) is 163 Å². The second-order valence-corrected chi connectivity index (χ2v) is 34.6. The van der Waals surface area contributed by atoms with Gasteiger partial charge < -0.3 is 101 Å². The summed E-state index contributed by atoms with van der Waals surface area (Å²) in [5.74, 6) is 5.12. The van der Waals surface area contributed by atoms with Gasteiger partial charge in [-0.2, -0.15) is 0 Å². The Morgan fingerprint density at radius 1 is 0.342 bits per heavy atom. The van der Waals surface area contributed by atoms with E-state index >= 15 is 0 Å². The number of rotatable bonds is 24. The molecule has 0 radical (unpaired) electrons. The molecule has 7 fully saturated rings. The van der Waals surface area contributed by atoms with E-state index in [2.05, 4.69) is 173 Å². The Morgan fingerprint density at radius 3 is 1.01 bits per heavy atom. The van der Waals surface area contributed by atoms with E-state index in [1.807, 2.05) is 87.2 Å². The fourth-order valence-corrected chi connectivity index (χ4v) is 16.7. The van der Waals surface area contributed by atoms with Crippen molar-refractivity contribution < 1.29 is 64.1 Å². The molecule has 2 aromatic carbocycles. The van der Waals surface area contributed by atoms with E-state index in [1.54, 1.807) is 43.8 Å². The lowest BCUT2D eigenvalue weighted by Crippen LogP contribution is -2.44. The van der Waals surface area contributed by atoms with Gasteiger partial charge in [0, 0.05) is 100 Å². The molecule has 16 rings (SSSR count). The van der Waals surface area contributed by atoms with E-state index in [1.165, 1.54) is 50.1 Å². The summed E-state index contributed by atoms with van der Waals surface area (Å²) in [5.41, 5.74) is 11.2. The fourth-order valence-electron chi connectivity index (χ4n) is 16.7. The van der Waals surface area contributed by atoms with Gasteiger partial charge in [-0.1, -0.05) is 74.5 Å². The van der Waals surface area contributed by atoms with Crippen LogP contribution in [0.4, 0.5) is 0 Å². The van der Waals surface area contributed by atoms with Gasteiger partial charge in [-0.3, -0.25) is 0 Å². The van der Waals surface area contributed by atoms with Crippen LogP contribution in [0, 0.1) is 17.8 Å². The molecule has 7 aliphatic heterocycles. The highest BCUT2D eigenvalue weighted by molar-refractivity contribution is 5.22. The third-order valence-electron chi connectivity index (χ3n) is 22.6. The van der Waals surface area contributed by atoms with E-state index in [0.29, 0.717) is 78.5 Å². The highest BCUT2D eigenvalue weighted by Crippen LogP contribution is 2.37. The van der Waals surface area contributed by atoms with Crippen molar-refractivity contribution in [1.82, 2.24) is 37.2 Å². The Bertz CT molecular complexity index is 3840. The monoisotopic (exact) mass is 1620 g/mol. The molecule has 0 bridgehead atoms. The van der Waals surface area contributed by atoms with Gasteiger partial charge in [0.1, 0.15) is 0 Å². The van der Waals surface area contributed by atoms with Crippen molar-refractivity contribution in [3.05, 3.63) is 241 Å². The summed E-state index contributed by atoms with van der Waals surface area (Å²) < 4.78 is 77.9. The molecule has 9 aromatic rings. The SMILES string of the molecule is CC(C)(C)OC1CNCCC1c1ccoc1.CC(C)(C)OCC1CNCCC1c1ccoc1.CC(C)COC1CNCCC1c1ccoc1.CC(C)OC1CNCCC1c1ccoc1.CCOC1CNCCC1c1ccoc1.c1ccc(COC2CNCCC2c2ccoc2)cc1.c1ccc(COCC2CNCCC2c2ccoc2)cc1. The highest BCUT2D eigenvalue weighted by Gasteiger charge is 2.35. The summed E-state index contributed by atoms with van der Waals surface area (Å²) in [4.78, 5) is 0. The van der Waals surface area contributed by atoms with Crippen molar-refractivity contribution in [3.63, 3.8) is 0 Å². The minimum atomic E-state index is -0.0916. The van der Waals surface area contributed by atoms with Crippen molar-refractivity contribution in [1.29, 1.82) is 0 Å². The number of hydrogen-bond donors (Lipinski definition) is 7. The second-order valence-electron chi connectivity index (χ2n) is 34.6. The second kappa shape index (κ2) is 50.2. The summed E-state index contributed by atoms with van der Waals surface area (Å²) in [5, 5.41) is 23.8. The summed E-state index contributed by atoms with van der Waals surface area (Å²) in [6, 6.07) is 35.1. The molecule has 7 aliphatic rings. The lowest BCUT2D eigenvalue weighted by atomic mass is 9.83. The molecule has 14 unspecified atom stereocenters. The predicted molar refractivity (Wildman–Crippen MR) is 461 cm³/mol. The maximum Gasteiger partial charge on any atom is 0.0938 e. The summed E-state index contributed by atoms with van der Waals surface area (Å²) in [6.07, 6.45) is 34.7. The van der Waals surface area contributed by atoms with E-state index < -0.39 is 0 Å². The van der Waals surface area contributed by atoms with Crippen LogP contribution in [0.3, 0.4) is 0 Å². The lowest BCUT2D eigenvalue weighted by molar-refractivity contribution is -0.0768. The Labute approximate surface area is 698 Å². The Kier molecular flexibility index (Phi) is 39.5. The number of benzene rings is 2. The van der Waals surface area contributed by atoms with Crippen LogP contribution in [-0.2, 0) is 46.4 Å². The molecule has 14 heterocycles. The molecular formula is C96H141N7O14. The first-order valence-corrected chi connectivity index (χ1v) is 43.5. The zero-order chi connectivity index (χ0) is 82.3. The minimum absolute atomic E-state index is 0.0571. The van der Waals surface area contributed by atoms with Gasteiger partial charge in [0.2, 0.25) is 0 Å². The van der Waals surface area contributed by atoms with Crippen molar-refractivity contribution in [3.8, 4) is 0 Å². The fraction of sp³-hybridized carbons (Fsp3) is 0.583. The quantitative estimate of drug-likeness (QED) is 0.0297.